The molecular weight excluding hydrogens is 292 g/mol. The molecule has 0 radical (unpaired) electrons. The molecule has 5 nitrogen and oxygen atoms in total. The monoisotopic (exact) mass is 316 g/mol. The zero-order valence-electron chi connectivity index (χ0n) is 13.2. The number of nitrogens with zero attached hydrogens (tertiary/aromatic N) is 1. The van der Waals surface area contributed by atoms with Crippen LogP contribution in [0, 0.1) is 0 Å². The van der Waals surface area contributed by atoms with Crippen LogP contribution in [0.2, 0.25) is 5.02 Å². The van der Waals surface area contributed by atoms with Gasteiger partial charge in [0.1, 0.15) is 0 Å². The van der Waals surface area contributed by atoms with Crippen LogP contribution in [0.1, 0.15) is 18.5 Å². The maximum absolute atomic E-state index is 6.48. The summed E-state index contributed by atoms with van der Waals surface area (Å²) in [6.07, 6.45) is 0. The lowest BCUT2D eigenvalue weighted by atomic mass is 10.0. The Kier molecular flexibility index (Phi) is 7.82. The molecule has 1 aromatic carbocycles. The van der Waals surface area contributed by atoms with Gasteiger partial charge in [-0.3, -0.25) is 4.90 Å². The van der Waals surface area contributed by atoms with Crippen LogP contribution in [-0.4, -0.2) is 52.5 Å². The zero-order chi connectivity index (χ0) is 15.8. The summed E-state index contributed by atoms with van der Waals surface area (Å²) in [5.41, 5.74) is 6.91. The number of halogens is 1. The number of likely N-dealkylation sites (N-methyl/N-ethyl adjacent to an activating group) is 1. The van der Waals surface area contributed by atoms with Gasteiger partial charge in [-0.1, -0.05) is 24.6 Å². The van der Waals surface area contributed by atoms with Crippen molar-refractivity contribution >= 4 is 11.6 Å². The molecule has 0 saturated carbocycles. The van der Waals surface area contributed by atoms with E-state index in [0.29, 0.717) is 29.7 Å². The van der Waals surface area contributed by atoms with Crippen molar-refractivity contribution in [2.24, 2.45) is 5.73 Å². The van der Waals surface area contributed by atoms with E-state index in [2.05, 4.69) is 11.8 Å². The summed E-state index contributed by atoms with van der Waals surface area (Å²) in [5, 5.41) is 0.545. The topological polar surface area (TPSA) is 57.0 Å². The van der Waals surface area contributed by atoms with E-state index in [1.165, 1.54) is 0 Å². The average molecular weight is 317 g/mol. The normalized spacial score (nSPS) is 12.5. The van der Waals surface area contributed by atoms with Crippen molar-refractivity contribution in [3.63, 3.8) is 0 Å². The molecule has 1 rings (SSSR count). The Balaban J connectivity index is 3.15. The van der Waals surface area contributed by atoms with Gasteiger partial charge < -0.3 is 19.9 Å². The van der Waals surface area contributed by atoms with Crippen LogP contribution in [0.4, 0.5) is 0 Å². The van der Waals surface area contributed by atoms with E-state index in [-0.39, 0.29) is 6.04 Å². The summed E-state index contributed by atoms with van der Waals surface area (Å²) in [5.74, 6) is 1.15. The second-order valence-electron chi connectivity index (χ2n) is 4.58. The number of hydrogen-bond donors (Lipinski definition) is 1. The number of rotatable bonds is 9. The number of ether oxygens (including phenoxy) is 3. The molecule has 0 aliphatic carbocycles. The highest BCUT2D eigenvalue weighted by molar-refractivity contribution is 6.33. The van der Waals surface area contributed by atoms with Crippen molar-refractivity contribution in [1.29, 1.82) is 0 Å². The van der Waals surface area contributed by atoms with E-state index >= 15 is 0 Å². The van der Waals surface area contributed by atoms with E-state index in [0.717, 1.165) is 18.7 Å². The summed E-state index contributed by atoms with van der Waals surface area (Å²) >= 11 is 6.48. The Hall–Kier alpha value is -1.01. The van der Waals surface area contributed by atoms with Gasteiger partial charge >= 0.3 is 0 Å². The summed E-state index contributed by atoms with van der Waals surface area (Å²) in [6.45, 7) is 4.85. The van der Waals surface area contributed by atoms with Gasteiger partial charge in [-0.15, -0.1) is 0 Å². The lowest BCUT2D eigenvalue weighted by Gasteiger charge is -2.31. The quantitative estimate of drug-likeness (QED) is 0.757. The number of methoxy groups -OCH3 is 3. The fourth-order valence-electron chi connectivity index (χ4n) is 2.38. The zero-order valence-corrected chi connectivity index (χ0v) is 13.9. The van der Waals surface area contributed by atoms with Crippen LogP contribution >= 0.6 is 11.6 Å². The number of nitrogens with two attached hydrogens (primary N) is 1. The molecule has 0 aliphatic heterocycles. The summed E-state index contributed by atoms with van der Waals surface area (Å²) in [7, 11) is 4.85. The molecular formula is C15H25ClN2O3. The predicted octanol–water partition coefficient (Wildman–Crippen LogP) is 2.33. The maximum Gasteiger partial charge on any atom is 0.179 e. The van der Waals surface area contributed by atoms with Crippen LogP contribution in [0.5, 0.6) is 11.5 Å². The lowest BCUT2D eigenvalue weighted by Crippen LogP contribution is -2.36. The largest absolute Gasteiger partial charge is 0.493 e. The Morgan fingerprint density at radius 3 is 2.43 bits per heavy atom. The second-order valence-corrected chi connectivity index (χ2v) is 4.96. The first-order valence-corrected chi connectivity index (χ1v) is 7.35. The first kappa shape index (κ1) is 18.0. The van der Waals surface area contributed by atoms with Crippen molar-refractivity contribution in [1.82, 2.24) is 4.90 Å². The van der Waals surface area contributed by atoms with Crippen LogP contribution in [-0.2, 0) is 4.74 Å². The van der Waals surface area contributed by atoms with Gasteiger partial charge in [0.05, 0.1) is 25.8 Å². The highest BCUT2D eigenvalue weighted by atomic mass is 35.5. The fraction of sp³-hybridized carbons (Fsp3) is 0.600. The Morgan fingerprint density at radius 2 is 1.95 bits per heavy atom. The van der Waals surface area contributed by atoms with Crippen LogP contribution in [0.25, 0.3) is 0 Å². The minimum Gasteiger partial charge on any atom is -0.493 e. The fourth-order valence-corrected chi connectivity index (χ4v) is 2.74. The summed E-state index contributed by atoms with van der Waals surface area (Å²) in [6, 6.07) is 3.81. The first-order valence-electron chi connectivity index (χ1n) is 6.97. The minimum absolute atomic E-state index is 0.0115. The summed E-state index contributed by atoms with van der Waals surface area (Å²) < 4.78 is 15.8. The third-order valence-electron chi connectivity index (χ3n) is 3.53. The third-order valence-corrected chi connectivity index (χ3v) is 3.92. The lowest BCUT2D eigenvalue weighted by molar-refractivity contribution is 0.125. The molecule has 0 amide bonds. The van der Waals surface area contributed by atoms with E-state index in [1.807, 2.05) is 12.1 Å². The molecule has 6 heteroatoms. The Morgan fingerprint density at radius 1 is 1.24 bits per heavy atom. The molecule has 0 aliphatic rings. The molecule has 0 bridgehead atoms. The first-order chi connectivity index (χ1) is 10.1. The molecule has 21 heavy (non-hydrogen) atoms. The second kappa shape index (κ2) is 9.10. The van der Waals surface area contributed by atoms with Gasteiger partial charge in [-0.25, -0.2) is 0 Å². The molecule has 120 valence electrons. The molecule has 0 fully saturated rings. The van der Waals surface area contributed by atoms with Crippen molar-refractivity contribution in [3.8, 4) is 11.5 Å². The van der Waals surface area contributed by atoms with Gasteiger partial charge in [0.15, 0.2) is 11.5 Å². The molecule has 0 spiro atoms. The van der Waals surface area contributed by atoms with E-state index < -0.39 is 0 Å². The number of benzene rings is 1. The van der Waals surface area contributed by atoms with E-state index in [1.54, 1.807) is 21.3 Å². The van der Waals surface area contributed by atoms with Gasteiger partial charge in [-0.2, -0.15) is 0 Å². The van der Waals surface area contributed by atoms with Crippen LogP contribution in [0.15, 0.2) is 12.1 Å². The predicted molar refractivity (Wildman–Crippen MR) is 85.5 cm³/mol. The maximum atomic E-state index is 6.48. The molecule has 0 aromatic heterocycles. The molecule has 1 atom stereocenters. The SMILES string of the molecule is CCN(CCOC)C(CN)c1ccc(OC)c(OC)c1Cl. The van der Waals surface area contributed by atoms with Gasteiger partial charge in [0, 0.05) is 26.2 Å². The molecule has 1 aromatic rings. The van der Waals surface area contributed by atoms with Crippen molar-refractivity contribution in [2.75, 3.05) is 47.6 Å². The Bertz CT molecular complexity index is 443. The third kappa shape index (κ3) is 4.23. The number of hydrogen-bond acceptors (Lipinski definition) is 5. The van der Waals surface area contributed by atoms with Crippen molar-refractivity contribution in [3.05, 3.63) is 22.7 Å². The van der Waals surface area contributed by atoms with Gasteiger partial charge in [0.25, 0.3) is 0 Å². The standard InChI is InChI=1S/C15H25ClN2O3/c1-5-18(8-9-19-2)12(10-17)11-6-7-13(20-3)15(21-4)14(11)16/h6-7,12H,5,8-10,17H2,1-4H3. The van der Waals surface area contributed by atoms with Crippen molar-refractivity contribution < 1.29 is 14.2 Å². The van der Waals surface area contributed by atoms with Crippen LogP contribution < -0.4 is 15.2 Å². The van der Waals surface area contributed by atoms with Gasteiger partial charge in [-0.05, 0) is 18.2 Å². The van der Waals surface area contributed by atoms with Crippen LogP contribution in [0.3, 0.4) is 0 Å². The molecule has 0 saturated heterocycles. The minimum atomic E-state index is 0.0115. The Labute approximate surface area is 131 Å². The molecule has 0 heterocycles. The molecule has 2 N–H and O–H groups in total. The van der Waals surface area contributed by atoms with Gasteiger partial charge in [0.2, 0.25) is 0 Å². The van der Waals surface area contributed by atoms with E-state index in [4.69, 9.17) is 31.5 Å². The smallest absolute Gasteiger partial charge is 0.179 e. The van der Waals surface area contributed by atoms with E-state index in [9.17, 15) is 0 Å². The highest BCUT2D eigenvalue weighted by Crippen LogP contribution is 2.40. The summed E-state index contributed by atoms with van der Waals surface area (Å²) in [4.78, 5) is 2.23. The average Bonchev–Trinajstić information content (AvgIpc) is 2.51. The molecule has 1 unspecified atom stereocenters. The highest BCUT2D eigenvalue weighted by Gasteiger charge is 2.23. The van der Waals surface area contributed by atoms with Crippen molar-refractivity contribution in [2.45, 2.75) is 13.0 Å².